The van der Waals surface area contributed by atoms with Gasteiger partial charge in [-0.25, -0.2) is 9.95 Å². The second kappa shape index (κ2) is 3.57. The van der Waals surface area contributed by atoms with Crippen molar-refractivity contribution in [2.45, 2.75) is 6.92 Å². The number of carbonyl (C=O) groups excluding carboxylic acids is 1. The van der Waals surface area contributed by atoms with E-state index in [1.165, 1.54) is 6.92 Å². The molecule has 15 heavy (non-hydrogen) atoms. The molecular formula is C11H9NO3. The number of Topliss-reactive ketones (excluding diaryl/α,β-unsaturated/α-hetero) is 1. The van der Waals surface area contributed by atoms with Crippen LogP contribution in [0, 0.1) is 0 Å². The fourth-order valence-electron chi connectivity index (χ4n) is 1.43. The molecule has 0 amide bonds. The minimum Gasteiger partial charge on any atom is -0.338 e. The standard InChI is InChI=1S/C11H9NO3/c1-7(13)9-10(12-15-11(9)14)8-5-3-2-4-6-8/h2-6,12H,1H3. The van der Waals surface area contributed by atoms with Gasteiger partial charge in [0.2, 0.25) is 0 Å². The zero-order valence-corrected chi connectivity index (χ0v) is 8.11. The summed E-state index contributed by atoms with van der Waals surface area (Å²) in [7, 11) is 0. The lowest BCUT2D eigenvalue weighted by Crippen LogP contribution is -2.07. The van der Waals surface area contributed by atoms with E-state index in [2.05, 4.69) is 9.68 Å². The normalized spacial score (nSPS) is 10.2. The summed E-state index contributed by atoms with van der Waals surface area (Å²) in [5, 5.41) is 2.46. The Kier molecular flexibility index (Phi) is 2.25. The van der Waals surface area contributed by atoms with Gasteiger partial charge in [-0.3, -0.25) is 4.79 Å². The van der Waals surface area contributed by atoms with Gasteiger partial charge in [-0.15, -0.1) is 0 Å². The lowest BCUT2D eigenvalue weighted by Gasteiger charge is -1.97. The highest BCUT2D eigenvalue weighted by Gasteiger charge is 2.17. The minimum atomic E-state index is -0.624. The highest BCUT2D eigenvalue weighted by Crippen LogP contribution is 2.19. The van der Waals surface area contributed by atoms with Crippen molar-refractivity contribution >= 4 is 5.78 Å². The van der Waals surface area contributed by atoms with Crippen molar-refractivity contribution < 1.29 is 9.32 Å². The third-order valence-corrected chi connectivity index (χ3v) is 2.11. The number of aromatic amines is 1. The van der Waals surface area contributed by atoms with Crippen molar-refractivity contribution in [2.24, 2.45) is 0 Å². The molecule has 1 N–H and O–H groups in total. The van der Waals surface area contributed by atoms with E-state index in [0.29, 0.717) is 5.69 Å². The number of H-pyrrole nitrogens is 1. The summed E-state index contributed by atoms with van der Waals surface area (Å²) < 4.78 is 4.61. The van der Waals surface area contributed by atoms with Gasteiger partial charge in [0.15, 0.2) is 5.78 Å². The monoisotopic (exact) mass is 203 g/mol. The summed E-state index contributed by atoms with van der Waals surface area (Å²) >= 11 is 0. The largest absolute Gasteiger partial charge is 0.368 e. The van der Waals surface area contributed by atoms with Crippen molar-refractivity contribution in [3.63, 3.8) is 0 Å². The Morgan fingerprint density at radius 2 is 1.93 bits per heavy atom. The first kappa shape index (κ1) is 9.45. The molecule has 2 aromatic rings. The van der Waals surface area contributed by atoms with Crippen LogP contribution in [0.1, 0.15) is 17.3 Å². The predicted octanol–water partition coefficient (Wildman–Crippen LogP) is 1.84. The first-order valence-electron chi connectivity index (χ1n) is 4.48. The van der Waals surface area contributed by atoms with Crippen LogP contribution < -0.4 is 5.63 Å². The van der Waals surface area contributed by atoms with E-state index in [1.54, 1.807) is 12.1 Å². The van der Waals surface area contributed by atoms with Crippen LogP contribution in [-0.2, 0) is 0 Å². The van der Waals surface area contributed by atoms with Crippen molar-refractivity contribution in [3.8, 4) is 11.3 Å². The van der Waals surface area contributed by atoms with Crippen molar-refractivity contribution in [1.29, 1.82) is 0 Å². The molecule has 1 aromatic carbocycles. The maximum absolute atomic E-state index is 11.2. The number of rotatable bonds is 2. The van der Waals surface area contributed by atoms with E-state index in [1.807, 2.05) is 18.2 Å². The lowest BCUT2D eigenvalue weighted by atomic mass is 10.1. The van der Waals surface area contributed by atoms with E-state index in [0.717, 1.165) is 5.56 Å². The molecule has 76 valence electrons. The van der Waals surface area contributed by atoms with Crippen LogP contribution in [-0.4, -0.2) is 10.9 Å². The van der Waals surface area contributed by atoms with Gasteiger partial charge in [0.1, 0.15) is 5.56 Å². The highest BCUT2D eigenvalue weighted by atomic mass is 16.5. The second-order valence-corrected chi connectivity index (χ2v) is 3.16. The van der Waals surface area contributed by atoms with Crippen LogP contribution in [0.3, 0.4) is 0 Å². The molecule has 4 nitrogen and oxygen atoms in total. The Labute approximate surface area is 85.5 Å². The average Bonchev–Trinajstić information content (AvgIpc) is 2.61. The fourth-order valence-corrected chi connectivity index (χ4v) is 1.43. The van der Waals surface area contributed by atoms with Gasteiger partial charge in [0.05, 0.1) is 5.69 Å². The molecule has 1 heterocycles. The van der Waals surface area contributed by atoms with Gasteiger partial charge in [0.25, 0.3) is 0 Å². The van der Waals surface area contributed by atoms with Crippen LogP contribution in [0.5, 0.6) is 0 Å². The number of hydrogen-bond acceptors (Lipinski definition) is 3. The molecule has 0 radical (unpaired) electrons. The van der Waals surface area contributed by atoms with E-state index in [4.69, 9.17) is 0 Å². The molecule has 0 aliphatic rings. The maximum Gasteiger partial charge on any atom is 0.368 e. The SMILES string of the molecule is CC(=O)c1c(-c2ccccc2)[nH]oc1=O. The first-order valence-corrected chi connectivity index (χ1v) is 4.48. The van der Waals surface area contributed by atoms with E-state index < -0.39 is 5.63 Å². The Morgan fingerprint density at radius 1 is 1.27 bits per heavy atom. The maximum atomic E-state index is 11.2. The number of hydrogen-bond donors (Lipinski definition) is 1. The Balaban J connectivity index is 2.65. The van der Waals surface area contributed by atoms with Gasteiger partial charge < -0.3 is 4.52 Å². The molecule has 0 unspecified atom stereocenters. The third-order valence-electron chi connectivity index (χ3n) is 2.11. The van der Waals surface area contributed by atoms with E-state index >= 15 is 0 Å². The molecule has 0 spiro atoms. The quantitative estimate of drug-likeness (QED) is 0.757. The molecule has 4 heteroatoms. The molecule has 0 aliphatic heterocycles. The molecule has 1 aromatic heterocycles. The van der Waals surface area contributed by atoms with Gasteiger partial charge in [-0.2, -0.15) is 0 Å². The zero-order valence-electron chi connectivity index (χ0n) is 8.11. The van der Waals surface area contributed by atoms with Crippen LogP contribution in [0.15, 0.2) is 39.6 Å². The molecule has 0 saturated heterocycles. The molecule has 0 atom stereocenters. The number of ketones is 1. The minimum absolute atomic E-state index is 0.0706. The van der Waals surface area contributed by atoms with Crippen LogP contribution in [0.2, 0.25) is 0 Å². The summed E-state index contributed by atoms with van der Waals surface area (Å²) in [6, 6.07) is 9.10. The van der Waals surface area contributed by atoms with Crippen molar-refractivity contribution in [1.82, 2.24) is 5.16 Å². The Bertz CT molecular complexity index is 536. The molecule has 0 bridgehead atoms. The summed E-state index contributed by atoms with van der Waals surface area (Å²) in [6.45, 7) is 1.34. The summed E-state index contributed by atoms with van der Waals surface area (Å²) in [5.74, 6) is -0.302. The summed E-state index contributed by atoms with van der Waals surface area (Å²) in [4.78, 5) is 22.5. The predicted molar refractivity (Wildman–Crippen MR) is 54.8 cm³/mol. The molecule has 0 saturated carbocycles. The average molecular weight is 203 g/mol. The number of benzene rings is 1. The number of nitrogens with one attached hydrogen (secondary N) is 1. The van der Waals surface area contributed by atoms with Crippen LogP contribution in [0.25, 0.3) is 11.3 Å². The van der Waals surface area contributed by atoms with E-state index in [-0.39, 0.29) is 11.3 Å². The van der Waals surface area contributed by atoms with Crippen LogP contribution in [0.4, 0.5) is 0 Å². The van der Waals surface area contributed by atoms with Gasteiger partial charge >= 0.3 is 5.63 Å². The number of aromatic nitrogens is 1. The molecule has 0 aliphatic carbocycles. The van der Waals surface area contributed by atoms with Gasteiger partial charge in [-0.05, 0) is 6.92 Å². The molecule has 0 fully saturated rings. The number of carbonyl (C=O) groups is 1. The highest BCUT2D eigenvalue weighted by molar-refractivity contribution is 5.99. The molecular weight excluding hydrogens is 194 g/mol. The van der Waals surface area contributed by atoms with Crippen LogP contribution >= 0.6 is 0 Å². The smallest absolute Gasteiger partial charge is 0.338 e. The van der Waals surface area contributed by atoms with Gasteiger partial charge in [-0.1, -0.05) is 30.3 Å². The summed E-state index contributed by atoms with van der Waals surface area (Å²) in [6.07, 6.45) is 0. The topological polar surface area (TPSA) is 63.1 Å². The van der Waals surface area contributed by atoms with Gasteiger partial charge in [0, 0.05) is 5.56 Å². The van der Waals surface area contributed by atoms with Crippen molar-refractivity contribution in [2.75, 3.05) is 0 Å². The summed E-state index contributed by atoms with van der Waals surface area (Å²) in [5.41, 5.74) is 0.643. The fraction of sp³-hybridized carbons (Fsp3) is 0.0909. The third kappa shape index (κ3) is 1.61. The first-order chi connectivity index (χ1) is 7.20. The zero-order chi connectivity index (χ0) is 10.8. The van der Waals surface area contributed by atoms with Crippen molar-refractivity contribution in [3.05, 3.63) is 46.3 Å². The second-order valence-electron chi connectivity index (χ2n) is 3.16. The van der Waals surface area contributed by atoms with E-state index in [9.17, 15) is 9.59 Å². The Hall–Kier alpha value is -2.10. The Morgan fingerprint density at radius 3 is 2.53 bits per heavy atom. The molecule has 2 rings (SSSR count). The lowest BCUT2D eigenvalue weighted by molar-refractivity contribution is 0.101.